The summed E-state index contributed by atoms with van der Waals surface area (Å²) in [5, 5.41) is 18.7. The van der Waals surface area contributed by atoms with Crippen LogP contribution in [0.3, 0.4) is 0 Å². The second-order valence-corrected chi connectivity index (χ2v) is 5.71. The van der Waals surface area contributed by atoms with Crippen molar-refractivity contribution in [3.05, 3.63) is 46.3 Å². The van der Waals surface area contributed by atoms with Gasteiger partial charge in [0.05, 0.1) is 16.8 Å². The minimum atomic E-state index is -0.480. The van der Waals surface area contributed by atoms with Gasteiger partial charge >= 0.3 is 0 Å². The van der Waals surface area contributed by atoms with Crippen molar-refractivity contribution in [1.29, 1.82) is 0 Å². The summed E-state index contributed by atoms with van der Waals surface area (Å²) in [6, 6.07) is 6.03. The van der Waals surface area contributed by atoms with E-state index < -0.39 is 4.92 Å². The molecule has 0 spiro atoms. The Morgan fingerprint density at radius 1 is 1.42 bits per heavy atom. The summed E-state index contributed by atoms with van der Waals surface area (Å²) in [6.45, 7) is 1.08. The minimum absolute atomic E-state index is 0.0224. The molecule has 2 N–H and O–H groups in total. The van der Waals surface area contributed by atoms with Gasteiger partial charge in [0.25, 0.3) is 11.6 Å². The number of nitrogens with two attached hydrogens (primary N) is 1. The molecule has 24 heavy (non-hydrogen) atoms. The molecule has 1 aliphatic rings. The number of aromatic nitrogens is 3. The zero-order chi connectivity index (χ0) is 17.1. The summed E-state index contributed by atoms with van der Waals surface area (Å²) in [4.78, 5) is 24.8. The molecule has 1 aromatic heterocycles. The van der Waals surface area contributed by atoms with E-state index >= 15 is 0 Å². The van der Waals surface area contributed by atoms with Crippen molar-refractivity contribution >= 4 is 11.6 Å². The Labute approximate surface area is 138 Å². The van der Waals surface area contributed by atoms with E-state index in [4.69, 9.17) is 5.73 Å². The van der Waals surface area contributed by atoms with Gasteiger partial charge in [-0.1, -0.05) is 11.3 Å². The fourth-order valence-electron chi connectivity index (χ4n) is 2.90. The van der Waals surface area contributed by atoms with Crippen LogP contribution in [0, 0.1) is 10.1 Å². The highest BCUT2D eigenvalue weighted by Crippen LogP contribution is 2.19. The summed E-state index contributed by atoms with van der Waals surface area (Å²) >= 11 is 0. The largest absolute Gasteiger partial charge is 0.333 e. The van der Waals surface area contributed by atoms with Crippen LogP contribution in [0.5, 0.6) is 0 Å². The second kappa shape index (κ2) is 6.75. The quantitative estimate of drug-likeness (QED) is 0.662. The van der Waals surface area contributed by atoms with Crippen molar-refractivity contribution in [2.45, 2.75) is 25.3 Å². The summed E-state index contributed by atoms with van der Waals surface area (Å²) in [5.74, 6) is -0.207. The van der Waals surface area contributed by atoms with E-state index in [-0.39, 0.29) is 23.3 Å². The molecule has 1 fully saturated rings. The number of carbonyl (C=O) groups is 1. The van der Waals surface area contributed by atoms with Gasteiger partial charge in [-0.25, -0.2) is 4.68 Å². The Kier molecular flexibility index (Phi) is 4.52. The third kappa shape index (κ3) is 3.11. The first-order valence-corrected chi connectivity index (χ1v) is 7.78. The molecule has 9 nitrogen and oxygen atoms in total. The molecule has 1 aromatic carbocycles. The standard InChI is InChI=1S/C15H18N6O3/c16-9-13-4-1-2-7-19(13)15(22)14-10-20(18-17-14)11-5-3-6-12(8-11)21(23)24/h3,5-6,8,10,13H,1-2,4,7,9,16H2. The molecule has 2 aromatic rings. The van der Waals surface area contributed by atoms with Crippen LogP contribution in [0.25, 0.3) is 5.69 Å². The van der Waals surface area contributed by atoms with Crippen LogP contribution in [-0.2, 0) is 0 Å². The molecule has 3 rings (SSSR count). The van der Waals surface area contributed by atoms with Crippen molar-refractivity contribution in [2.75, 3.05) is 13.1 Å². The first-order valence-electron chi connectivity index (χ1n) is 7.78. The minimum Gasteiger partial charge on any atom is -0.333 e. The van der Waals surface area contributed by atoms with Crippen LogP contribution in [0.4, 0.5) is 5.69 Å². The average Bonchev–Trinajstić information content (AvgIpc) is 3.11. The fourth-order valence-corrected chi connectivity index (χ4v) is 2.90. The average molecular weight is 330 g/mol. The van der Waals surface area contributed by atoms with Gasteiger partial charge in [-0.2, -0.15) is 0 Å². The van der Waals surface area contributed by atoms with Gasteiger partial charge in [0.15, 0.2) is 5.69 Å². The molecule has 0 radical (unpaired) electrons. The van der Waals surface area contributed by atoms with Crippen LogP contribution in [-0.4, -0.2) is 49.9 Å². The van der Waals surface area contributed by atoms with E-state index in [0.29, 0.717) is 18.8 Å². The van der Waals surface area contributed by atoms with Gasteiger partial charge in [0.2, 0.25) is 0 Å². The van der Waals surface area contributed by atoms with E-state index in [0.717, 1.165) is 19.3 Å². The molecule has 126 valence electrons. The van der Waals surface area contributed by atoms with E-state index in [1.807, 2.05) is 0 Å². The van der Waals surface area contributed by atoms with Crippen molar-refractivity contribution in [1.82, 2.24) is 19.9 Å². The number of nitrogens with zero attached hydrogens (tertiary/aromatic N) is 5. The van der Waals surface area contributed by atoms with Crippen LogP contribution in [0.2, 0.25) is 0 Å². The van der Waals surface area contributed by atoms with Crippen LogP contribution in [0.15, 0.2) is 30.5 Å². The number of carbonyl (C=O) groups excluding carboxylic acids is 1. The van der Waals surface area contributed by atoms with Gasteiger partial charge in [-0.05, 0) is 25.3 Å². The lowest BCUT2D eigenvalue weighted by molar-refractivity contribution is -0.384. The van der Waals surface area contributed by atoms with Crippen molar-refractivity contribution < 1.29 is 9.72 Å². The van der Waals surface area contributed by atoms with E-state index in [2.05, 4.69) is 10.3 Å². The number of benzene rings is 1. The number of rotatable bonds is 4. The molecule has 9 heteroatoms. The Hall–Kier alpha value is -2.81. The highest BCUT2D eigenvalue weighted by molar-refractivity contribution is 5.92. The van der Waals surface area contributed by atoms with Gasteiger partial charge in [-0.3, -0.25) is 14.9 Å². The lowest BCUT2D eigenvalue weighted by Gasteiger charge is -2.34. The zero-order valence-electron chi connectivity index (χ0n) is 13.0. The monoisotopic (exact) mass is 330 g/mol. The molecule has 2 heterocycles. The number of non-ortho nitro benzene ring substituents is 1. The number of hydrogen-bond donors (Lipinski definition) is 1. The van der Waals surface area contributed by atoms with Gasteiger partial charge in [-0.15, -0.1) is 5.10 Å². The topological polar surface area (TPSA) is 120 Å². The molecule has 1 aliphatic heterocycles. The van der Waals surface area contributed by atoms with Gasteiger partial charge in [0.1, 0.15) is 0 Å². The SMILES string of the molecule is NCC1CCCCN1C(=O)c1cn(-c2cccc([N+](=O)[O-])c2)nn1. The number of nitro groups is 1. The number of likely N-dealkylation sites (tertiary alicyclic amines) is 1. The van der Waals surface area contributed by atoms with Gasteiger partial charge < -0.3 is 10.6 Å². The highest BCUT2D eigenvalue weighted by atomic mass is 16.6. The predicted octanol–water partition coefficient (Wildman–Crippen LogP) is 1.13. The number of hydrogen-bond acceptors (Lipinski definition) is 6. The summed E-state index contributed by atoms with van der Waals surface area (Å²) in [7, 11) is 0. The number of amides is 1. The third-order valence-electron chi connectivity index (χ3n) is 4.18. The van der Waals surface area contributed by atoms with Crippen LogP contribution < -0.4 is 5.73 Å². The van der Waals surface area contributed by atoms with Crippen molar-refractivity contribution in [3.63, 3.8) is 0 Å². The molecule has 1 atom stereocenters. The summed E-state index contributed by atoms with van der Waals surface area (Å²) in [6.07, 6.45) is 4.39. The molecular weight excluding hydrogens is 312 g/mol. The van der Waals surface area contributed by atoms with Crippen molar-refractivity contribution in [3.8, 4) is 5.69 Å². The smallest absolute Gasteiger partial charge is 0.276 e. The van der Waals surface area contributed by atoms with Crippen molar-refractivity contribution in [2.24, 2.45) is 5.73 Å². The molecular formula is C15H18N6O3. The maximum atomic E-state index is 12.6. The Morgan fingerprint density at radius 3 is 3.00 bits per heavy atom. The van der Waals surface area contributed by atoms with Gasteiger partial charge in [0, 0.05) is 31.3 Å². The molecule has 0 aliphatic carbocycles. The molecule has 1 unspecified atom stereocenters. The van der Waals surface area contributed by atoms with E-state index in [1.165, 1.54) is 23.0 Å². The van der Waals surface area contributed by atoms with Crippen LogP contribution >= 0.6 is 0 Å². The lowest BCUT2D eigenvalue weighted by Crippen LogP contribution is -2.47. The maximum absolute atomic E-state index is 12.6. The van der Waals surface area contributed by atoms with E-state index in [9.17, 15) is 14.9 Å². The Bertz CT molecular complexity index is 759. The molecule has 1 saturated heterocycles. The first-order chi connectivity index (χ1) is 11.6. The first kappa shape index (κ1) is 16.1. The molecule has 0 bridgehead atoms. The Morgan fingerprint density at radius 2 is 2.25 bits per heavy atom. The predicted molar refractivity (Wildman–Crippen MR) is 85.7 cm³/mol. The third-order valence-corrected chi connectivity index (χ3v) is 4.18. The second-order valence-electron chi connectivity index (χ2n) is 5.71. The zero-order valence-corrected chi connectivity index (χ0v) is 13.0. The summed E-state index contributed by atoms with van der Waals surface area (Å²) < 4.78 is 1.36. The highest BCUT2D eigenvalue weighted by Gasteiger charge is 2.28. The van der Waals surface area contributed by atoms with Crippen LogP contribution in [0.1, 0.15) is 29.8 Å². The summed E-state index contributed by atoms with van der Waals surface area (Å²) in [5.41, 5.74) is 6.39. The fraction of sp³-hybridized carbons (Fsp3) is 0.400. The van der Waals surface area contributed by atoms with E-state index in [1.54, 1.807) is 17.0 Å². The molecule has 0 saturated carbocycles. The lowest BCUT2D eigenvalue weighted by atomic mass is 10.0. The maximum Gasteiger partial charge on any atom is 0.276 e. The Balaban J connectivity index is 1.83. The number of piperidine rings is 1. The molecule has 1 amide bonds. The number of nitro benzene ring substituents is 1. The normalized spacial score (nSPS) is 17.7.